The van der Waals surface area contributed by atoms with E-state index in [0.717, 1.165) is 19.4 Å². The van der Waals surface area contributed by atoms with Crippen molar-refractivity contribution in [2.24, 2.45) is 0 Å². The van der Waals surface area contributed by atoms with Crippen LogP contribution in [-0.4, -0.2) is 25.0 Å². The Morgan fingerprint density at radius 3 is 2.91 bits per heavy atom. The van der Waals surface area contributed by atoms with Crippen molar-refractivity contribution in [3.63, 3.8) is 0 Å². The van der Waals surface area contributed by atoms with E-state index in [4.69, 9.17) is 4.42 Å². The lowest BCUT2D eigenvalue weighted by molar-refractivity contribution is 0.0931. The van der Waals surface area contributed by atoms with Crippen molar-refractivity contribution < 1.29 is 13.6 Å². The van der Waals surface area contributed by atoms with Gasteiger partial charge in [-0.2, -0.15) is 0 Å². The van der Waals surface area contributed by atoms with Crippen LogP contribution in [0.4, 0.5) is 10.1 Å². The van der Waals surface area contributed by atoms with E-state index in [9.17, 15) is 9.18 Å². The molecule has 4 nitrogen and oxygen atoms in total. The number of para-hydroxylation sites is 1. The number of anilines is 1. The zero-order chi connectivity index (χ0) is 15.5. The molecule has 0 unspecified atom stereocenters. The van der Waals surface area contributed by atoms with Gasteiger partial charge in [-0.25, -0.2) is 4.39 Å². The third-order valence-electron chi connectivity index (χ3n) is 4.05. The first-order chi connectivity index (χ1) is 10.6. The first-order valence-electron chi connectivity index (χ1n) is 7.49. The van der Waals surface area contributed by atoms with Gasteiger partial charge in [-0.1, -0.05) is 12.1 Å². The lowest BCUT2D eigenvalue weighted by Crippen LogP contribution is -2.48. The monoisotopic (exact) mass is 302 g/mol. The highest BCUT2D eigenvalue weighted by Gasteiger charge is 2.24. The van der Waals surface area contributed by atoms with Crippen molar-refractivity contribution in [2.45, 2.75) is 25.8 Å². The minimum atomic E-state index is -0.222. The third kappa shape index (κ3) is 2.98. The Morgan fingerprint density at radius 2 is 2.18 bits per heavy atom. The molecule has 2 heterocycles. The summed E-state index contributed by atoms with van der Waals surface area (Å²) in [5, 5.41) is 3.02. The number of nitrogens with zero attached hydrogens (tertiary/aromatic N) is 1. The molecule has 1 aliphatic rings. The molecule has 5 heteroatoms. The summed E-state index contributed by atoms with van der Waals surface area (Å²) in [6, 6.07) is 8.43. The molecule has 2 aromatic rings. The molecular weight excluding hydrogens is 283 g/mol. The van der Waals surface area contributed by atoms with Gasteiger partial charge in [0.15, 0.2) is 0 Å². The molecule has 22 heavy (non-hydrogen) atoms. The molecule has 1 saturated heterocycles. The Balaban J connectivity index is 1.68. The van der Waals surface area contributed by atoms with Crippen LogP contribution in [0.3, 0.4) is 0 Å². The highest BCUT2D eigenvalue weighted by molar-refractivity contribution is 5.95. The second kappa shape index (κ2) is 6.22. The molecule has 0 saturated carbocycles. The van der Waals surface area contributed by atoms with Crippen molar-refractivity contribution in [2.75, 3.05) is 18.0 Å². The predicted molar refractivity (Wildman–Crippen MR) is 82.5 cm³/mol. The molecular formula is C17H19FN2O2. The van der Waals surface area contributed by atoms with Gasteiger partial charge in [0.25, 0.3) is 5.91 Å². The van der Waals surface area contributed by atoms with Crippen molar-refractivity contribution >= 4 is 11.6 Å². The molecule has 0 radical (unpaired) electrons. The maximum absolute atomic E-state index is 13.9. The van der Waals surface area contributed by atoms with Gasteiger partial charge in [-0.15, -0.1) is 0 Å². The molecule has 1 atom stereocenters. The van der Waals surface area contributed by atoms with Gasteiger partial charge in [-0.3, -0.25) is 4.79 Å². The standard InChI is InChI=1S/C17H19FN2O2/c1-12-14(8-10-22-12)17(21)19-13-5-4-9-20(11-13)16-7-3-2-6-15(16)18/h2-3,6-8,10,13H,4-5,9,11H2,1H3,(H,19,21)/t13-/m1/s1. The van der Waals surface area contributed by atoms with E-state index in [1.807, 2.05) is 11.0 Å². The van der Waals surface area contributed by atoms with Gasteiger partial charge in [0.05, 0.1) is 17.5 Å². The summed E-state index contributed by atoms with van der Waals surface area (Å²) in [4.78, 5) is 14.2. The van der Waals surface area contributed by atoms with Crippen molar-refractivity contribution in [1.29, 1.82) is 0 Å². The zero-order valence-electron chi connectivity index (χ0n) is 12.5. The van der Waals surface area contributed by atoms with E-state index in [1.54, 1.807) is 25.1 Å². The summed E-state index contributed by atoms with van der Waals surface area (Å²) < 4.78 is 19.1. The molecule has 0 aliphatic carbocycles. The summed E-state index contributed by atoms with van der Waals surface area (Å²) in [5.41, 5.74) is 1.16. The SMILES string of the molecule is Cc1occc1C(=O)N[C@@H]1CCCN(c2ccccc2F)C1. The predicted octanol–water partition coefficient (Wildman–Crippen LogP) is 3.13. The summed E-state index contributed by atoms with van der Waals surface area (Å²) >= 11 is 0. The number of carbonyl (C=O) groups excluding carboxylic acids is 1. The molecule has 1 aromatic carbocycles. The Bertz CT molecular complexity index is 668. The van der Waals surface area contributed by atoms with Gasteiger partial charge in [-0.05, 0) is 38.0 Å². The maximum atomic E-state index is 13.9. The number of amides is 1. The van der Waals surface area contributed by atoms with Crippen LogP contribution in [0, 0.1) is 12.7 Å². The van der Waals surface area contributed by atoms with Crippen LogP contribution in [0.25, 0.3) is 0 Å². The fourth-order valence-corrected chi connectivity index (χ4v) is 2.91. The molecule has 1 aromatic heterocycles. The number of hydrogen-bond acceptors (Lipinski definition) is 3. The van der Waals surface area contributed by atoms with Crippen LogP contribution in [0.15, 0.2) is 41.0 Å². The van der Waals surface area contributed by atoms with Gasteiger partial charge in [0, 0.05) is 19.1 Å². The number of rotatable bonds is 3. The van der Waals surface area contributed by atoms with Crippen LogP contribution in [0.2, 0.25) is 0 Å². The molecule has 0 bridgehead atoms. The minimum Gasteiger partial charge on any atom is -0.469 e. The second-order valence-corrected chi connectivity index (χ2v) is 5.60. The molecule has 1 aliphatic heterocycles. The number of hydrogen-bond donors (Lipinski definition) is 1. The molecule has 1 amide bonds. The molecule has 1 N–H and O–H groups in total. The molecule has 3 rings (SSSR count). The Labute approximate surface area is 128 Å². The second-order valence-electron chi connectivity index (χ2n) is 5.60. The number of benzene rings is 1. The third-order valence-corrected chi connectivity index (χ3v) is 4.05. The van der Waals surface area contributed by atoms with Gasteiger partial charge >= 0.3 is 0 Å². The van der Waals surface area contributed by atoms with Crippen molar-refractivity contribution in [3.8, 4) is 0 Å². The Kier molecular flexibility index (Phi) is 4.13. The highest BCUT2D eigenvalue weighted by Crippen LogP contribution is 2.23. The number of nitrogens with one attached hydrogen (secondary N) is 1. The average molecular weight is 302 g/mol. The minimum absolute atomic E-state index is 0.00940. The van der Waals surface area contributed by atoms with E-state index in [2.05, 4.69) is 5.32 Å². The van der Waals surface area contributed by atoms with Crippen LogP contribution in [0.1, 0.15) is 29.0 Å². The van der Waals surface area contributed by atoms with Crippen molar-refractivity contribution in [3.05, 3.63) is 53.7 Å². The lowest BCUT2D eigenvalue weighted by Gasteiger charge is -2.34. The van der Waals surface area contributed by atoms with Crippen LogP contribution in [0.5, 0.6) is 0 Å². The van der Waals surface area contributed by atoms with Crippen LogP contribution >= 0.6 is 0 Å². The van der Waals surface area contributed by atoms with E-state index in [1.165, 1.54) is 12.3 Å². The van der Waals surface area contributed by atoms with E-state index >= 15 is 0 Å². The van der Waals surface area contributed by atoms with Gasteiger partial charge in [0.1, 0.15) is 11.6 Å². The largest absolute Gasteiger partial charge is 0.469 e. The smallest absolute Gasteiger partial charge is 0.255 e. The summed E-state index contributed by atoms with van der Waals surface area (Å²) in [5.74, 6) is 0.256. The van der Waals surface area contributed by atoms with Crippen LogP contribution in [-0.2, 0) is 0 Å². The van der Waals surface area contributed by atoms with E-state index in [-0.39, 0.29) is 17.8 Å². The number of furan rings is 1. The summed E-state index contributed by atoms with van der Waals surface area (Å²) in [6.07, 6.45) is 3.33. The van der Waals surface area contributed by atoms with E-state index in [0.29, 0.717) is 23.6 Å². The molecule has 1 fully saturated rings. The first-order valence-corrected chi connectivity index (χ1v) is 7.49. The summed E-state index contributed by atoms with van der Waals surface area (Å²) in [6.45, 7) is 3.18. The lowest BCUT2D eigenvalue weighted by atomic mass is 10.0. The average Bonchev–Trinajstić information content (AvgIpc) is 2.94. The quantitative estimate of drug-likeness (QED) is 0.947. The number of aryl methyl sites for hydroxylation is 1. The number of halogens is 1. The molecule has 0 spiro atoms. The first kappa shape index (κ1) is 14.6. The number of carbonyl (C=O) groups is 1. The number of piperidine rings is 1. The Hall–Kier alpha value is -2.30. The summed E-state index contributed by atoms with van der Waals surface area (Å²) in [7, 11) is 0. The fourth-order valence-electron chi connectivity index (χ4n) is 2.91. The van der Waals surface area contributed by atoms with E-state index < -0.39 is 0 Å². The Morgan fingerprint density at radius 1 is 1.36 bits per heavy atom. The maximum Gasteiger partial charge on any atom is 0.255 e. The van der Waals surface area contributed by atoms with Crippen molar-refractivity contribution in [1.82, 2.24) is 5.32 Å². The fraction of sp³-hybridized carbons (Fsp3) is 0.353. The van der Waals surface area contributed by atoms with Gasteiger partial charge < -0.3 is 14.6 Å². The van der Waals surface area contributed by atoms with Gasteiger partial charge in [0.2, 0.25) is 0 Å². The zero-order valence-corrected chi connectivity index (χ0v) is 12.5. The topological polar surface area (TPSA) is 45.5 Å². The van der Waals surface area contributed by atoms with Crippen LogP contribution < -0.4 is 10.2 Å². The molecule has 116 valence electrons. The highest BCUT2D eigenvalue weighted by atomic mass is 19.1. The normalized spacial score (nSPS) is 18.3.